The Balaban J connectivity index is 3.08. The molecule has 1 aromatic rings. The number of hydrogen-bond acceptors (Lipinski definition) is 0. The van der Waals surface area contributed by atoms with Crippen LogP contribution in [0.2, 0.25) is 0 Å². The van der Waals surface area contributed by atoms with Crippen molar-refractivity contribution in [2.75, 3.05) is 0 Å². The SMILES string of the molecule is [CH2]CCc1ccc(C)c(C)c1C. The molecule has 0 aliphatic rings. The highest BCUT2D eigenvalue weighted by molar-refractivity contribution is 5.38. The monoisotopic (exact) mass is 161 g/mol. The Kier molecular flexibility index (Phi) is 2.91. The molecule has 0 unspecified atom stereocenters. The Morgan fingerprint density at radius 1 is 1.08 bits per heavy atom. The molecule has 0 amide bonds. The van der Waals surface area contributed by atoms with E-state index in [1.807, 2.05) is 0 Å². The van der Waals surface area contributed by atoms with E-state index in [9.17, 15) is 0 Å². The summed E-state index contributed by atoms with van der Waals surface area (Å²) >= 11 is 0. The summed E-state index contributed by atoms with van der Waals surface area (Å²) < 4.78 is 0. The first-order chi connectivity index (χ1) is 5.66. The zero-order valence-electron chi connectivity index (χ0n) is 8.28. The van der Waals surface area contributed by atoms with Crippen LogP contribution in [0, 0.1) is 27.7 Å². The molecule has 1 aromatic carbocycles. The van der Waals surface area contributed by atoms with E-state index in [4.69, 9.17) is 0 Å². The second-order valence-electron chi connectivity index (χ2n) is 3.40. The fourth-order valence-electron chi connectivity index (χ4n) is 1.47. The summed E-state index contributed by atoms with van der Waals surface area (Å²) in [6, 6.07) is 4.43. The van der Waals surface area contributed by atoms with Crippen molar-refractivity contribution < 1.29 is 0 Å². The van der Waals surface area contributed by atoms with Crippen molar-refractivity contribution in [1.82, 2.24) is 0 Å². The van der Waals surface area contributed by atoms with Crippen LogP contribution in [-0.2, 0) is 6.42 Å². The van der Waals surface area contributed by atoms with E-state index in [0.717, 1.165) is 12.8 Å². The predicted molar refractivity (Wildman–Crippen MR) is 54.3 cm³/mol. The third kappa shape index (κ3) is 1.69. The Morgan fingerprint density at radius 3 is 2.33 bits per heavy atom. The van der Waals surface area contributed by atoms with E-state index in [1.54, 1.807) is 0 Å². The zero-order valence-corrected chi connectivity index (χ0v) is 8.28. The lowest BCUT2D eigenvalue weighted by Crippen LogP contribution is -1.93. The first kappa shape index (κ1) is 9.31. The van der Waals surface area contributed by atoms with Gasteiger partial charge in [0.05, 0.1) is 0 Å². The molecule has 0 aliphatic heterocycles. The largest absolute Gasteiger partial charge is 0.0588 e. The Hall–Kier alpha value is -0.780. The summed E-state index contributed by atoms with van der Waals surface area (Å²) in [5, 5.41) is 0. The summed E-state index contributed by atoms with van der Waals surface area (Å²) in [5.74, 6) is 0. The number of hydrogen-bond donors (Lipinski definition) is 0. The van der Waals surface area contributed by atoms with Crippen LogP contribution < -0.4 is 0 Å². The maximum absolute atomic E-state index is 3.87. The van der Waals surface area contributed by atoms with Gasteiger partial charge in [-0.2, -0.15) is 0 Å². The van der Waals surface area contributed by atoms with Crippen LogP contribution in [0.1, 0.15) is 28.7 Å². The molecule has 0 saturated carbocycles. The Labute approximate surface area is 75.6 Å². The van der Waals surface area contributed by atoms with Crippen molar-refractivity contribution in [2.45, 2.75) is 33.6 Å². The molecule has 0 fully saturated rings. The quantitative estimate of drug-likeness (QED) is 0.623. The highest BCUT2D eigenvalue weighted by Crippen LogP contribution is 2.17. The standard InChI is InChI=1S/C12H17/c1-5-6-12-8-7-9(2)10(3)11(12)4/h7-8H,1,5-6H2,2-4H3. The van der Waals surface area contributed by atoms with Gasteiger partial charge in [-0.05, 0) is 55.9 Å². The molecule has 12 heavy (non-hydrogen) atoms. The van der Waals surface area contributed by atoms with Crippen LogP contribution in [0.25, 0.3) is 0 Å². The molecule has 0 atom stereocenters. The molecule has 0 heteroatoms. The van der Waals surface area contributed by atoms with Gasteiger partial charge in [0.15, 0.2) is 0 Å². The fraction of sp³-hybridized carbons (Fsp3) is 0.417. The minimum absolute atomic E-state index is 0.989. The lowest BCUT2D eigenvalue weighted by Gasteiger charge is -2.09. The highest BCUT2D eigenvalue weighted by atomic mass is 14.1. The molecular weight excluding hydrogens is 144 g/mol. The normalized spacial score (nSPS) is 10.3. The van der Waals surface area contributed by atoms with E-state index in [1.165, 1.54) is 22.3 Å². The van der Waals surface area contributed by atoms with E-state index in [2.05, 4.69) is 39.8 Å². The molecule has 0 spiro atoms. The summed E-state index contributed by atoms with van der Waals surface area (Å²) in [7, 11) is 0. The summed E-state index contributed by atoms with van der Waals surface area (Å²) in [6.07, 6.45) is 2.09. The molecular formula is C12H17. The van der Waals surface area contributed by atoms with Gasteiger partial charge in [0.25, 0.3) is 0 Å². The topological polar surface area (TPSA) is 0 Å². The maximum Gasteiger partial charge on any atom is -0.0276 e. The molecule has 0 aromatic heterocycles. The van der Waals surface area contributed by atoms with Crippen molar-refractivity contribution in [3.63, 3.8) is 0 Å². The van der Waals surface area contributed by atoms with Gasteiger partial charge < -0.3 is 0 Å². The second-order valence-corrected chi connectivity index (χ2v) is 3.40. The predicted octanol–water partition coefficient (Wildman–Crippen LogP) is 3.38. The number of benzene rings is 1. The van der Waals surface area contributed by atoms with Crippen molar-refractivity contribution in [1.29, 1.82) is 0 Å². The third-order valence-corrected chi connectivity index (χ3v) is 2.62. The first-order valence-electron chi connectivity index (χ1n) is 4.51. The molecule has 0 saturated heterocycles. The van der Waals surface area contributed by atoms with Gasteiger partial charge >= 0.3 is 0 Å². The average Bonchev–Trinajstić information content (AvgIpc) is 2.07. The van der Waals surface area contributed by atoms with Gasteiger partial charge in [-0.1, -0.05) is 19.1 Å². The van der Waals surface area contributed by atoms with Gasteiger partial charge in [0, 0.05) is 0 Å². The van der Waals surface area contributed by atoms with Crippen molar-refractivity contribution in [3.8, 4) is 0 Å². The molecule has 0 aliphatic carbocycles. The minimum atomic E-state index is 0.989. The van der Waals surface area contributed by atoms with Gasteiger partial charge in [-0.15, -0.1) is 0 Å². The molecule has 0 nitrogen and oxygen atoms in total. The van der Waals surface area contributed by atoms with Crippen molar-refractivity contribution in [3.05, 3.63) is 41.3 Å². The smallest absolute Gasteiger partial charge is 0.0276 e. The van der Waals surface area contributed by atoms with Crippen LogP contribution in [0.15, 0.2) is 12.1 Å². The summed E-state index contributed by atoms with van der Waals surface area (Å²) in [5.41, 5.74) is 5.72. The first-order valence-corrected chi connectivity index (χ1v) is 4.51. The number of aryl methyl sites for hydroxylation is 2. The summed E-state index contributed by atoms with van der Waals surface area (Å²) in [6.45, 7) is 10.4. The molecule has 0 N–H and O–H groups in total. The molecule has 1 radical (unpaired) electrons. The third-order valence-electron chi connectivity index (χ3n) is 2.62. The highest BCUT2D eigenvalue weighted by Gasteiger charge is 2.01. The maximum atomic E-state index is 3.87. The molecule has 1 rings (SSSR count). The molecule has 0 bridgehead atoms. The Bertz CT molecular complexity index is 272. The van der Waals surface area contributed by atoms with Crippen LogP contribution in [-0.4, -0.2) is 0 Å². The lowest BCUT2D eigenvalue weighted by atomic mass is 9.96. The van der Waals surface area contributed by atoms with Gasteiger partial charge in [-0.3, -0.25) is 0 Å². The fourth-order valence-corrected chi connectivity index (χ4v) is 1.47. The van der Waals surface area contributed by atoms with E-state index >= 15 is 0 Å². The molecule has 0 heterocycles. The lowest BCUT2D eigenvalue weighted by molar-refractivity contribution is 0.976. The second kappa shape index (κ2) is 3.75. The van der Waals surface area contributed by atoms with Gasteiger partial charge in [0.1, 0.15) is 0 Å². The van der Waals surface area contributed by atoms with Crippen LogP contribution >= 0.6 is 0 Å². The van der Waals surface area contributed by atoms with Gasteiger partial charge in [0.2, 0.25) is 0 Å². The van der Waals surface area contributed by atoms with Crippen LogP contribution in [0.3, 0.4) is 0 Å². The van der Waals surface area contributed by atoms with Crippen LogP contribution in [0.4, 0.5) is 0 Å². The summed E-state index contributed by atoms with van der Waals surface area (Å²) in [4.78, 5) is 0. The Morgan fingerprint density at radius 2 is 1.75 bits per heavy atom. The van der Waals surface area contributed by atoms with Gasteiger partial charge in [-0.25, -0.2) is 0 Å². The average molecular weight is 161 g/mol. The number of rotatable bonds is 2. The molecule has 65 valence electrons. The van der Waals surface area contributed by atoms with Crippen molar-refractivity contribution in [2.24, 2.45) is 0 Å². The zero-order chi connectivity index (χ0) is 9.14. The van der Waals surface area contributed by atoms with E-state index in [-0.39, 0.29) is 0 Å². The van der Waals surface area contributed by atoms with E-state index < -0.39 is 0 Å². The minimum Gasteiger partial charge on any atom is -0.0588 e. The van der Waals surface area contributed by atoms with Crippen LogP contribution in [0.5, 0.6) is 0 Å². The van der Waals surface area contributed by atoms with E-state index in [0.29, 0.717) is 0 Å². The van der Waals surface area contributed by atoms with Crippen molar-refractivity contribution >= 4 is 0 Å².